The van der Waals surface area contributed by atoms with Crippen molar-refractivity contribution in [2.24, 2.45) is 0 Å². The Morgan fingerprint density at radius 3 is 2.72 bits per heavy atom. The molecule has 1 aromatic carbocycles. The number of esters is 1. The lowest BCUT2D eigenvalue weighted by atomic mass is 10.2. The molecule has 0 amide bonds. The Morgan fingerprint density at radius 1 is 1.33 bits per heavy atom. The molecule has 2 N–H and O–H groups in total. The first-order valence-electron chi connectivity index (χ1n) is 5.59. The third kappa shape index (κ3) is 2.20. The number of aromatic amines is 1. The van der Waals surface area contributed by atoms with E-state index in [-0.39, 0.29) is 0 Å². The number of aromatic nitrogens is 2. The van der Waals surface area contributed by atoms with E-state index in [4.69, 9.17) is 4.74 Å². The minimum absolute atomic E-state index is 0.405. The van der Waals surface area contributed by atoms with Gasteiger partial charge in [-0.2, -0.15) is 5.10 Å². The van der Waals surface area contributed by atoms with Crippen molar-refractivity contribution >= 4 is 17.5 Å². The molecule has 2 rings (SSSR count). The summed E-state index contributed by atoms with van der Waals surface area (Å²) in [6.07, 6.45) is 0. The van der Waals surface area contributed by atoms with E-state index < -0.39 is 5.97 Å². The number of anilines is 2. The minimum atomic E-state index is -0.405. The fraction of sp³-hybridized carbons (Fsp3) is 0.231. The molecule has 0 bridgehead atoms. The molecule has 0 fully saturated rings. The van der Waals surface area contributed by atoms with Gasteiger partial charge in [-0.25, -0.2) is 4.79 Å². The topological polar surface area (TPSA) is 67.0 Å². The zero-order chi connectivity index (χ0) is 13.1. The van der Waals surface area contributed by atoms with Gasteiger partial charge in [-0.1, -0.05) is 18.2 Å². The van der Waals surface area contributed by atoms with E-state index in [0.717, 1.165) is 11.3 Å². The van der Waals surface area contributed by atoms with Crippen molar-refractivity contribution in [1.82, 2.24) is 10.2 Å². The van der Waals surface area contributed by atoms with Gasteiger partial charge in [0.25, 0.3) is 0 Å². The van der Waals surface area contributed by atoms with Crippen LogP contribution in [0.3, 0.4) is 0 Å². The summed E-state index contributed by atoms with van der Waals surface area (Å²) in [5.41, 5.74) is 3.10. The zero-order valence-corrected chi connectivity index (χ0v) is 10.6. The summed E-state index contributed by atoms with van der Waals surface area (Å²) < 4.78 is 4.75. The number of carbonyl (C=O) groups is 1. The summed E-state index contributed by atoms with van der Waals surface area (Å²) in [6, 6.07) is 7.80. The predicted octanol–water partition coefficient (Wildman–Crippen LogP) is 2.56. The van der Waals surface area contributed by atoms with Crippen LogP contribution < -0.4 is 5.32 Å². The monoisotopic (exact) mass is 245 g/mol. The second-order valence-electron chi connectivity index (χ2n) is 4.00. The van der Waals surface area contributed by atoms with Gasteiger partial charge < -0.3 is 10.1 Å². The molecule has 0 saturated carbocycles. The van der Waals surface area contributed by atoms with Gasteiger partial charge in [0.05, 0.1) is 7.11 Å². The Balaban J connectivity index is 2.36. The van der Waals surface area contributed by atoms with Crippen LogP contribution in [0.5, 0.6) is 0 Å². The number of ether oxygens (including phenoxy) is 1. The fourth-order valence-corrected chi connectivity index (χ4v) is 1.71. The van der Waals surface area contributed by atoms with Crippen molar-refractivity contribution in [3.8, 4) is 0 Å². The highest BCUT2D eigenvalue weighted by atomic mass is 16.5. The van der Waals surface area contributed by atoms with E-state index in [1.54, 1.807) is 6.92 Å². The number of rotatable bonds is 3. The van der Waals surface area contributed by atoms with Gasteiger partial charge in [0.1, 0.15) is 5.56 Å². The van der Waals surface area contributed by atoms with Gasteiger partial charge in [0.2, 0.25) is 0 Å². The van der Waals surface area contributed by atoms with Crippen LogP contribution in [0.4, 0.5) is 11.5 Å². The average Bonchev–Trinajstić information content (AvgIpc) is 2.72. The maximum Gasteiger partial charge on any atom is 0.343 e. The largest absolute Gasteiger partial charge is 0.465 e. The van der Waals surface area contributed by atoms with Crippen LogP contribution in [0.2, 0.25) is 0 Å². The molecule has 0 spiro atoms. The molecule has 0 aliphatic heterocycles. The van der Waals surface area contributed by atoms with Crippen LogP contribution in [0.1, 0.15) is 21.6 Å². The van der Waals surface area contributed by atoms with Crippen LogP contribution in [0.25, 0.3) is 0 Å². The number of carbonyl (C=O) groups excluding carboxylic acids is 1. The molecular weight excluding hydrogens is 230 g/mol. The normalized spacial score (nSPS) is 10.2. The Hall–Kier alpha value is -2.30. The second kappa shape index (κ2) is 4.91. The number of H-pyrrole nitrogens is 1. The van der Waals surface area contributed by atoms with Crippen molar-refractivity contribution < 1.29 is 9.53 Å². The standard InChI is InChI=1S/C13H15N3O2/c1-8-6-4-5-7-10(8)14-12-11(13(17)18-3)9(2)15-16-12/h4-7H,1-3H3,(H2,14,15,16). The molecule has 94 valence electrons. The number of hydrogen-bond acceptors (Lipinski definition) is 4. The molecule has 0 unspecified atom stereocenters. The van der Waals surface area contributed by atoms with Crippen LogP contribution in [-0.2, 0) is 4.74 Å². The maximum atomic E-state index is 11.7. The molecule has 0 aliphatic carbocycles. The summed E-state index contributed by atoms with van der Waals surface area (Å²) in [7, 11) is 1.35. The third-order valence-corrected chi connectivity index (χ3v) is 2.73. The van der Waals surface area contributed by atoms with Crippen LogP contribution in [-0.4, -0.2) is 23.3 Å². The predicted molar refractivity (Wildman–Crippen MR) is 69.1 cm³/mol. The highest BCUT2D eigenvalue weighted by Crippen LogP contribution is 2.23. The van der Waals surface area contributed by atoms with Gasteiger partial charge in [-0.3, -0.25) is 5.10 Å². The van der Waals surface area contributed by atoms with Gasteiger partial charge in [0.15, 0.2) is 5.82 Å². The van der Waals surface area contributed by atoms with Crippen molar-refractivity contribution in [2.45, 2.75) is 13.8 Å². The first-order valence-corrected chi connectivity index (χ1v) is 5.59. The van der Waals surface area contributed by atoms with Crippen LogP contribution >= 0.6 is 0 Å². The highest BCUT2D eigenvalue weighted by Gasteiger charge is 2.19. The molecule has 2 aromatic rings. The Bertz CT molecular complexity index is 575. The van der Waals surface area contributed by atoms with Crippen LogP contribution in [0.15, 0.2) is 24.3 Å². The quantitative estimate of drug-likeness (QED) is 0.815. The van der Waals surface area contributed by atoms with E-state index in [1.807, 2.05) is 31.2 Å². The Kier molecular flexibility index (Phi) is 3.32. The van der Waals surface area contributed by atoms with E-state index in [2.05, 4.69) is 15.5 Å². The third-order valence-electron chi connectivity index (χ3n) is 2.73. The number of benzene rings is 1. The van der Waals surface area contributed by atoms with E-state index in [0.29, 0.717) is 17.1 Å². The molecule has 0 atom stereocenters. The van der Waals surface area contributed by atoms with E-state index in [1.165, 1.54) is 7.11 Å². The number of nitrogens with zero attached hydrogens (tertiary/aromatic N) is 1. The summed E-state index contributed by atoms with van der Waals surface area (Å²) in [5.74, 6) is 0.0750. The van der Waals surface area contributed by atoms with Crippen molar-refractivity contribution in [1.29, 1.82) is 0 Å². The number of aryl methyl sites for hydroxylation is 2. The highest BCUT2D eigenvalue weighted by molar-refractivity contribution is 5.96. The Morgan fingerprint density at radius 2 is 2.06 bits per heavy atom. The zero-order valence-electron chi connectivity index (χ0n) is 10.6. The summed E-state index contributed by atoms with van der Waals surface area (Å²) in [5, 5.41) is 10.00. The summed E-state index contributed by atoms with van der Waals surface area (Å²) in [4.78, 5) is 11.7. The lowest BCUT2D eigenvalue weighted by Gasteiger charge is -2.08. The number of nitrogens with one attached hydrogen (secondary N) is 2. The second-order valence-corrected chi connectivity index (χ2v) is 4.00. The van der Waals surface area contributed by atoms with Crippen molar-refractivity contribution in [3.63, 3.8) is 0 Å². The first kappa shape index (κ1) is 12.2. The lowest BCUT2D eigenvalue weighted by Crippen LogP contribution is -2.06. The van der Waals surface area contributed by atoms with Gasteiger partial charge in [-0.15, -0.1) is 0 Å². The lowest BCUT2D eigenvalue weighted by molar-refractivity contribution is 0.0601. The van der Waals surface area contributed by atoms with E-state index >= 15 is 0 Å². The molecule has 5 heteroatoms. The van der Waals surface area contributed by atoms with Gasteiger partial charge in [0, 0.05) is 11.4 Å². The maximum absolute atomic E-state index is 11.7. The van der Waals surface area contributed by atoms with Crippen LogP contribution in [0, 0.1) is 13.8 Å². The average molecular weight is 245 g/mol. The summed E-state index contributed by atoms with van der Waals surface area (Å²) in [6.45, 7) is 3.77. The molecule has 18 heavy (non-hydrogen) atoms. The molecule has 5 nitrogen and oxygen atoms in total. The number of para-hydroxylation sites is 1. The summed E-state index contributed by atoms with van der Waals surface area (Å²) >= 11 is 0. The molecular formula is C13H15N3O2. The first-order chi connectivity index (χ1) is 8.63. The van der Waals surface area contributed by atoms with E-state index in [9.17, 15) is 4.79 Å². The number of hydrogen-bond donors (Lipinski definition) is 2. The molecule has 1 aromatic heterocycles. The molecule has 0 aliphatic rings. The molecule has 0 saturated heterocycles. The van der Waals surface area contributed by atoms with Crippen molar-refractivity contribution in [3.05, 3.63) is 41.1 Å². The Labute approximate surface area is 105 Å². The SMILES string of the molecule is COC(=O)c1c(Nc2ccccc2C)n[nH]c1C. The van der Waals surface area contributed by atoms with Gasteiger partial charge >= 0.3 is 5.97 Å². The smallest absolute Gasteiger partial charge is 0.343 e. The minimum Gasteiger partial charge on any atom is -0.465 e. The van der Waals surface area contributed by atoms with Gasteiger partial charge in [-0.05, 0) is 25.5 Å². The molecule has 0 radical (unpaired) electrons. The molecule has 1 heterocycles. The van der Waals surface area contributed by atoms with Crippen molar-refractivity contribution in [2.75, 3.05) is 12.4 Å². The number of methoxy groups -OCH3 is 1. The fourth-order valence-electron chi connectivity index (χ4n) is 1.71.